The van der Waals surface area contributed by atoms with Gasteiger partial charge in [-0.05, 0) is 36.4 Å². The van der Waals surface area contributed by atoms with Gasteiger partial charge in [-0.15, -0.1) is 0 Å². The van der Waals surface area contributed by atoms with Crippen molar-refractivity contribution in [1.82, 2.24) is 14.5 Å². The van der Waals surface area contributed by atoms with Crippen LogP contribution in [0.3, 0.4) is 0 Å². The number of benzene rings is 2. The van der Waals surface area contributed by atoms with Crippen molar-refractivity contribution in [1.29, 1.82) is 0 Å². The van der Waals surface area contributed by atoms with E-state index in [-0.39, 0.29) is 11.2 Å². The third-order valence-corrected chi connectivity index (χ3v) is 3.99. The lowest BCUT2D eigenvalue weighted by molar-refractivity contribution is -0.384. The lowest BCUT2D eigenvalue weighted by Crippen LogP contribution is -2.22. The van der Waals surface area contributed by atoms with Crippen LogP contribution in [0.2, 0.25) is 0 Å². The molecule has 2 aromatic carbocycles. The Morgan fingerprint density at radius 1 is 0.923 bits per heavy atom. The van der Waals surface area contributed by atoms with Crippen molar-refractivity contribution in [3.05, 3.63) is 93.4 Å². The van der Waals surface area contributed by atoms with Crippen LogP contribution in [0.25, 0.3) is 28.1 Å². The van der Waals surface area contributed by atoms with E-state index in [2.05, 4.69) is 9.97 Å². The van der Waals surface area contributed by atoms with Gasteiger partial charge in [-0.2, -0.15) is 0 Å². The Morgan fingerprint density at radius 3 is 2.35 bits per heavy atom. The number of hydrogen-bond acceptors (Lipinski definition) is 5. The van der Waals surface area contributed by atoms with Gasteiger partial charge in [0.25, 0.3) is 11.2 Å². The first-order valence-electron chi connectivity index (χ1n) is 7.83. The number of nitro benzene ring substituents is 1. The first kappa shape index (κ1) is 15.6. The maximum Gasteiger partial charge on any atom is 0.269 e. The SMILES string of the molecule is O=c1c2ccccc2nc(-c2ccccn2)n1-c1ccc([N+](=O)[O-])cc1. The highest BCUT2D eigenvalue weighted by Gasteiger charge is 2.16. The van der Waals surface area contributed by atoms with Crippen molar-refractivity contribution in [2.24, 2.45) is 0 Å². The monoisotopic (exact) mass is 344 g/mol. The minimum Gasteiger partial charge on any atom is -0.268 e. The van der Waals surface area contributed by atoms with Crippen molar-refractivity contribution in [3.8, 4) is 17.2 Å². The highest BCUT2D eigenvalue weighted by Crippen LogP contribution is 2.22. The number of para-hydroxylation sites is 1. The van der Waals surface area contributed by atoms with Crippen LogP contribution in [0, 0.1) is 10.1 Å². The van der Waals surface area contributed by atoms with Crippen LogP contribution in [0.15, 0.2) is 77.7 Å². The quantitative estimate of drug-likeness (QED) is 0.420. The minimum atomic E-state index is -0.481. The maximum absolute atomic E-state index is 13.1. The fourth-order valence-corrected chi connectivity index (χ4v) is 2.76. The summed E-state index contributed by atoms with van der Waals surface area (Å²) in [7, 11) is 0. The molecule has 0 aliphatic heterocycles. The van der Waals surface area contributed by atoms with Gasteiger partial charge in [0, 0.05) is 18.3 Å². The van der Waals surface area contributed by atoms with Crippen LogP contribution >= 0.6 is 0 Å². The Hall–Kier alpha value is -3.87. The molecule has 0 amide bonds. The van der Waals surface area contributed by atoms with Crippen molar-refractivity contribution < 1.29 is 4.92 Å². The zero-order chi connectivity index (χ0) is 18.1. The van der Waals surface area contributed by atoms with Gasteiger partial charge in [0.2, 0.25) is 0 Å². The summed E-state index contributed by atoms with van der Waals surface area (Å²) in [4.78, 5) is 32.4. The number of nitro groups is 1. The third-order valence-electron chi connectivity index (χ3n) is 3.99. The van der Waals surface area contributed by atoms with Crippen LogP contribution < -0.4 is 5.56 Å². The van der Waals surface area contributed by atoms with E-state index in [0.717, 1.165) is 0 Å². The molecule has 0 fully saturated rings. The molecule has 4 aromatic rings. The normalized spacial score (nSPS) is 10.8. The number of non-ortho nitro benzene ring substituents is 1. The second-order valence-electron chi connectivity index (χ2n) is 5.58. The van der Waals surface area contributed by atoms with Crippen LogP contribution in [-0.2, 0) is 0 Å². The van der Waals surface area contributed by atoms with Gasteiger partial charge >= 0.3 is 0 Å². The number of fused-ring (bicyclic) bond motifs is 1. The molecule has 0 aliphatic rings. The van der Waals surface area contributed by atoms with E-state index in [4.69, 9.17) is 0 Å². The van der Waals surface area contributed by atoms with Crippen LogP contribution in [0.4, 0.5) is 5.69 Å². The summed E-state index contributed by atoms with van der Waals surface area (Å²) in [5.74, 6) is 0.378. The van der Waals surface area contributed by atoms with Gasteiger partial charge in [0.15, 0.2) is 5.82 Å². The van der Waals surface area contributed by atoms with E-state index >= 15 is 0 Å². The fraction of sp³-hybridized carbons (Fsp3) is 0. The van der Waals surface area contributed by atoms with Crippen molar-refractivity contribution in [2.75, 3.05) is 0 Å². The van der Waals surface area contributed by atoms with Crippen molar-refractivity contribution in [3.63, 3.8) is 0 Å². The predicted molar refractivity (Wildman–Crippen MR) is 97.2 cm³/mol. The molecular weight excluding hydrogens is 332 g/mol. The minimum absolute atomic E-state index is 0.0464. The first-order valence-corrected chi connectivity index (χ1v) is 7.83. The third kappa shape index (κ3) is 2.61. The molecule has 0 radical (unpaired) electrons. The Morgan fingerprint density at radius 2 is 1.65 bits per heavy atom. The largest absolute Gasteiger partial charge is 0.269 e. The van der Waals surface area contributed by atoms with Crippen LogP contribution in [0.1, 0.15) is 0 Å². The fourth-order valence-electron chi connectivity index (χ4n) is 2.76. The summed E-state index contributed by atoms with van der Waals surface area (Å²) in [6, 6.07) is 18.2. The highest BCUT2D eigenvalue weighted by molar-refractivity contribution is 5.80. The van der Waals surface area contributed by atoms with Crippen LogP contribution in [0.5, 0.6) is 0 Å². The molecule has 126 valence electrons. The second-order valence-corrected chi connectivity index (χ2v) is 5.58. The second kappa shape index (κ2) is 6.21. The molecule has 0 saturated heterocycles. The van der Waals surface area contributed by atoms with E-state index in [1.165, 1.54) is 28.8 Å². The Balaban J connectivity index is 2.04. The molecule has 0 saturated carbocycles. The molecule has 0 aliphatic carbocycles. The van der Waals surface area contributed by atoms with Gasteiger partial charge in [0.1, 0.15) is 5.69 Å². The molecule has 0 bridgehead atoms. The molecule has 7 nitrogen and oxygen atoms in total. The lowest BCUT2D eigenvalue weighted by Gasteiger charge is -2.13. The standard InChI is InChI=1S/C19H12N4O3/c24-19-15-5-1-2-6-16(15)21-18(17-7-3-4-12-20-17)22(19)13-8-10-14(11-9-13)23(25)26/h1-12H. The number of nitrogens with zero attached hydrogens (tertiary/aromatic N) is 4. The lowest BCUT2D eigenvalue weighted by atomic mass is 10.2. The molecule has 0 N–H and O–H groups in total. The van der Waals surface area contributed by atoms with Gasteiger partial charge < -0.3 is 0 Å². The average Bonchev–Trinajstić information content (AvgIpc) is 2.69. The smallest absolute Gasteiger partial charge is 0.268 e. The molecule has 0 atom stereocenters. The Bertz CT molecular complexity index is 1170. The summed E-state index contributed by atoms with van der Waals surface area (Å²) >= 11 is 0. The van der Waals surface area contributed by atoms with Crippen molar-refractivity contribution in [2.45, 2.75) is 0 Å². The Kier molecular flexibility index (Phi) is 3.74. The Labute approximate surface area is 147 Å². The zero-order valence-electron chi connectivity index (χ0n) is 13.4. The molecule has 0 spiro atoms. The first-order chi connectivity index (χ1) is 12.6. The van der Waals surface area contributed by atoms with Gasteiger partial charge in [0.05, 0.1) is 21.5 Å². The van der Waals surface area contributed by atoms with E-state index in [1.807, 2.05) is 12.1 Å². The molecule has 2 aromatic heterocycles. The summed E-state index contributed by atoms with van der Waals surface area (Å²) in [6.45, 7) is 0. The maximum atomic E-state index is 13.1. The van der Waals surface area contributed by atoms with E-state index in [9.17, 15) is 14.9 Å². The van der Waals surface area contributed by atoms with Crippen LogP contribution in [-0.4, -0.2) is 19.5 Å². The zero-order valence-corrected chi connectivity index (χ0v) is 13.4. The number of pyridine rings is 1. The predicted octanol–water partition coefficient (Wildman–Crippen LogP) is 3.36. The molecule has 2 heterocycles. The van der Waals surface area contributed by atoms with Crippen molar-refractivity contribution >= 4 is 16.6 Å². The van der Waals surface area contributed by atoms with E-state index in [0.29, 0.717) is 28.1 Å². The summed E-state index contributed by atoms with van der Waals surface area (Å²) < 4.78 is 1.42. The molecule has 0 unspecified atom stereocenters. The summed E-state index contributed by atoms with van der Waals surface area (Å²) in [6.07, 6.45) is 1.62. The van der Waals surface area contributed by atoms with Gasteiger partial charge in [-0.1, -0.05) is 18.2 Å². The highest BCUT2D eigenvalue weighted by atomic mass is 16.6. The van der Waals surface area contributed by atoms with Gasteiger partial charge in [-0.3, -0.25) is 24.5 Å². The molecular formula is C19H12N4O3. The summed E-state index contributed by atoms with van der Waals surface area (Å²) in [5.41, 5.74) is 1.28. The number of rotatable bonds is 3. The number of aromatic nitrogens is 3. The topological polar surface area (TPSA) is 90.9 Å². The molecule has 4 rings (SSSR count). The number of hydrogen-bond donors (Lipinski definition) is 0. The van der Waals surface area contributed by atoms with E-state index < -0.39 is 4.92 Å². The van der Waals surface area contributed by atoms with E-state index in [1.54, 1.807) is 36.5 Å². The van der Waals surface area contributed by atoms with Gasteiger partial charge in [-0.25, -0.2) is 4.98 Å². The molecule has 26 heavy (non-hydrogen) atoms. The average molecular weight is 344 g/mol. The summed E-state index contributed by atoms with van der Waals surface area (Å²) in [5, 5.41) is 11.4. The molecule has 7 heteroatoms.